The first-order valence-electron chi connectivity index (χ1n) is 5.44. The molecule has 7 heteroatoms. The van der Waals surface area contributed by atoms with Gasteiger partial charge < -0.3 is 4.74 Å². The first kappa shape index (κ1) is 12.0. The Labute approximate surface area is 116 Å². The van der Waals surface area contributed by atoms with Gasteiger partial charge in [-0.05, 0) is 41.1 Å². The Kier molecular flexibility index (Phi) is 2.90. The van der Waals surface area contributed by atoms with Crippen molar-refractivity contribution in [3.05, 3.63) is 46.6 Å². The lowest BCUT2D eigenvalue weighted by molar-refractivity contribution is 0.443. The highest BCUT2D eigenvalue weighted by Gasteiger charge is 2.09. The van der Waals surface area contributed by atoms with Crippen LogP contribution in [0.5, 0.6) is 11.6 Å². The summed E-state index contributed by atoms with van der Waals surface area (Å²) in [5.74, 6) is 1.08. The van der Waals surface area contributed by atoms with Gasteiger partial charge in [0, 0.05) is 11.8 Å². The maximum absolute atomic E-state index is 13.2. The Hall–Kier alpha value is -2.02. The summed E-state index contributed by atoms with van der Waals surface area (Å²) in [6, 6.07) is 6.15. The molecule has 0 aliphatic carbocycles. The molecule has 0 saturated heterocycles. The molecule has 0 aliphatic rings. The quantitative estimate of drug-likeness (QED) is 0.727. The third kappa shape index (κ3) is 2.28. The molecule has 5 nitrogen and oxygen atoms in total. The highest BCUT2D eigenvalue weighted by Crippen LogP contribution is 2.26. The molecule has 0 amide bonds. The lowest BCUT2D eigenvalue weighted by Gasteiger charge is -2.08. The van der Waals surface area contributed by atoms with Crippen molar-refractivity contribution in [2.45, 2.75) is 6.92 Å². The van der Waals surface area contributed by atoms with E-state index in [-0.39, 0.29) is 5.82 Å². The van der Waals surface area contributed by atoms with Gasteiger partial charge in [0.2, 0.25) is 5.88 Å². The fourth-order valence-corrected chi connectivity index (χ4v) is 1.99. The van der Waals surface area contributed by atoms with Crippen molar-refractivity contribution in [3.63, 3.8) is 0 Å². The number of halogens is 2. The minimum atomic E-state index is -0.343. The summed E-state index contributed by atoms with van der Waals surface area (Å²) in [5.41, 5.74) is 0.761. The lowest BCUT2D eigenvalue weighted by atomic mass is 10.3. The lowest BCUT2D eigenvalue weighted by Crippen LogP contribution is -1.99. The van der Waals surface area contributed by atoms with Crippen LogP contribution in [-0.4, -0.2) is 19.6 Å². The third-order valence-electron chi connectivity index (χ3n) is 2.46. The Morgan fingerprint density at radius 2 is 2.16 bits per heavy atom. The second kappa shape index (κ2) is 4.58. The molecule has 0 aliphatic heterocycles. The van der Waals surface area contributed by atoms with Crippen molar-refractivity contribution >= 4 is 21.7 Å². The van der Waals surface area contributed by atoms with E-state index in [9.17, 15) is 4.39 Å². The Morgan fingerprint density at radius 1 is 1.32 bits per heavy atom. The van der Waals surface area contributed by atoms with Crippen molar-refractivity contribution in [2.75, 3.05) is 0 Å². The normalized spacial score (nSPS) is 10.9. The summed E-state index contributed by atoms with van der Waals surface area (Å²) >= 11 is 3.11. The molecule has 0 atom stereocenters. The molecule has 2 aromatic heterocycles. The maximum Gasteiger partial charge on any atom is 0.255 e. The summed E-state index contributed by atoms with van der Waals surface area (Å²) in [7, 11) is 0. The van der Waals surface area contributed by atoms with E-state index in [0.717, 1.165) is 5.69 Å². The third-order valence-corrected chi connectivity index (χ3v) is 3.07. The number of rotatable bonds is 2. The molecular weight excluding hydrogens is 315 g/mol. The number of aromatic nitrogens is 4. The van der Waals surface area contributed by atoms with E-state index in [2.05, 4.69) is 31.0 Å². The highest BCUT2D eigenvalue weighted by atomic mass is 79.9. The predicted molar refractivity (Wildman–Crippen MR) is 69.7 cm³/mol. The van der Waals surface area contributed by atoms with Crippen LogP contribution in [0, 0.1) is 12.7 Å². The van der Waals surface area contributed by atoms with Crippen LogP contribution in [0.3, 0.4) is 0 Å². The van der Waals surface area contributed by atoms with Gasteiger partial charge in [-0.25, -0.2) is 9.37 Å². The van der Waals surface area contributed by atoms with Gasteiger partial charge in [0.25, 0.3) is 5.78 Å². The molecule has 3 aromatic rings. The molecule has 19 heavy (non-hydrogen) atoms. The molecule has 0 spiro atoms. The Balaban J connectivity index is 2.04. The van der Waals surface area contributed by atoms with E-state index in [0.29, 0.717) is 21.9 Å². The fourth-order valence-electron chi connectivity index (χ4n) is 1.63. The zero-order chi connectivity index (χ0) is 13.4. The van der Waals surface area contributed by atoms with Gasteiger partial charge in [0.05, 0.1) is 4.47 Å². The van der Waals surface area contributed by atoms with E-state index < -0.39 is 0 Å². The molecule has 0 fully saturated rings. The van der Waals surface area contributed by atoms with Crippen LogP contribution < -0.4 is 4.74 Å². The first-order chi connectivity index (χ1) is 9.13. The molecule has 3 rings (SSSR count). The van der Waals surface area contributed by atoms with Gasteiger partial charge in [0.15, 0.2) is 0 Å². The largest absolute Gasteiger partial charge is 0.439 e. The molecule has 2 heterocycles. The monoisotopic (exact) mass is 322 g/mol. The standard InChI is InChI=1S/C12H8BrFN4O/c1-7-4-11(18-12(17-7)15-6-16-18)19-8-2-3-10(14)9(13)5-8/h2-6H,1H3. The smallest absolute Gasteiger partial charge is 0.255 e. The minimum absolute atomic E-state index is 0.339. The number of ether oxygens (including phenoxy) is 1. The minimum Gasteiger partial charge on any atom is -0.439 e. The first-order valence-corrected chi connectivity index (χ1v) is 6.23. The van der Waals surface area contributed by atoms with E-state index in [1.165, 1.54) is 16.9 Å². The van der Waals surface area contributed by atoms with Crippen molar-refractivity contribution in [1.29, 1.82) is 0 Å². The zero-order valence-corrected chi connectivity index (χ0v) is 11.4. The van der Waals surface area contributed by atoms with E-state index in [4.69, 9.17) is 4.74 Å². The Bertz CT molecular complexity index is 759. The Morgan fingerprint density at radius 3 is 2.95 bits per heavy atom. The van der Waals surface area contributed by atoms with Gasteiger partial charge in [-0.1, -0.05) is 0 Å². The summed E-state index contributed by atoms with van der Waals surface area (Å²) in [6.07, 6.45) is 1.40. The van der Waals surface area contributed by atoms with Gasteiger partial charge in [-0.2, -0.15) is 14.6 Å². The summed E-state index contributed by atoms with van der Waals surface area (Å²) in [5, 5.41) is 4.03. The van der Waals surface area contributed by atoms with Crippen LogP contribution in [-0.2, 0) is 0 Å². The van der Waals surface area contributed by atoms with E-state index in [1.54, 1.807) is 18.2 Å². The highest BCUT2D eigenvalue weighted by molar-refractivity contribution is 9.10. The number of aryl methyl sites for hydroxylation is 1. The predicted octanol–water partition coefficient (Wildman–Crippen LogP) is 3.13. The van der Waals surface area contributed by atoms with Crippen molar-refractivity contribution in [1.82, 2.24) is 19.6 Å². The summed E-state index contributed by atoms with van der Waals surface area (Å²) in [4.78, 5) is 8.21. The molecule has 0 unspecified atom stereocenters. The van der Waals surface area contributed by atoms with Crippen LogP contribution in [0.4, 0.5) is 4.39 Å². The molecular formula is C12H8BrFN4O. The van der Waals surface area contributed by atoms with Gasteiger partial charge in [0.1, 0.15) is 17.9 Å². The van der Waals surface area contributed by atoms with Crippen LogP contribution in [0.1, 0.15) is 5.69 Å². The molecule has 1 aromatic carbocycles. The van der Waals surface area contributed by atoms with Crippen molar-refractivity contribution in [3.8, 4) is 11.6 Å². The number of nitrogens with zero attached hydrogens (tertiary/aromatic N) is 4. The average Bonchev–Trinajstić information content (AvgIpc) is 2.82. The second-order valence-electron chi connectivity index (χ2n) is 3.89. The zero-order valence-electron chi connectivity index (χ0n) is 9.84. The van der Waals surface area contributed by atoms with Crippen molar-refractivity contribution < 1.29 is 9.13 Å². The molecule has 0 saturated carbocycles. The molecule has 96 valence electrons. The van der Waals surface area contributed by atoms with E-state index in [1.807, 2.05) is 6.92 Å². The van der Waals surface area contributed by atoms with E-state index >= 15 is 0 Å². The van der Waals surface area contributed by atoms with Crippen LogP contribution in [0.2, 0.25) is 0 Å². The summed E-state index contributed by atoms with van der Waals surface area (Å²) < 4.78 is 20.7. The number of hydrogen-bond acceptors (Lipinski definition) is 4. The summed E-state index contributed by atoms with van der Waals surface area (Å²) in [6.45, 7) is 1.84. The SMILES string of the molecule is Cc1cc(Oc2ccc(F)c(Br)c2)n2ncnc2n1. The van der Waals surface area contributed by atoms with Crippen molar-refractivity contribution in [2.24, 2.45) is 0 Å². The second-order valence-corrected chi connectivity index (χ2v) is 4.74. The molecule has 0 radical (unpaired) electrons. The number of fused-ring (bicyclic) bond motifs is 1. The molecule has 0 bridgehead atoms. The fraction of sp³-hybridized carbons (Fsp3) is 0.0833. The number of hydrogen-bond donors (Lipinski definition) is 0. The van der Waals surface area contributed by atoms with Gasteiger partial charge in [-0.3, -0.25) is 0 Å². The topological polar surface area (TPSA) is 52.3 Å². The maximum atomic E-state index is 13.2. The molecule has 0 N–H and O–H groups in total. The average molecular weight is 323 g/mol. The van der Waals surface area contributed by atoms with Crippen LogP contribution in [0.15, 0.2) is 35.1 Å². The van der Waals surface area contributed by atoms with Crippen LogP contribution >= 0.6 is 15.9 Å². The van der Waals surface area contributed by atoms with Gasteiger partial charge in [-0.15, -0.1) is 0 Å². The number of benzene rings is 1. The van der Waals surface area contributed by atoms with Crippen LogP contribution in [0.25, 0.3) is 5.78 Å². The van der Waals surface area contributed by atoms with Gasteiger partial charge >= 0.3 is 0 Å².